The van der Waals surface area contributed by atoms with Crippen molar-refractivity contribution in [1.82, 2.24) is 4.90 Å². The monoisotopic (exact) mass is 327 g/mol. The molecule has 2 amide bonds. The van der Waals surface area contributed by atoms with E-state index in [1.165, 1.54) is 18.2 Å². The second-order valence-electron chi connectivity index (χ2n) is 5.55. The lowest BCUT2D eigenvalue weighted by Gasteiger charge is -2.21. The second kappa shape index (κ2) is 6.44. The third-order valence-electron chi connectivity index (χ3n) is 3.55. The summed E-state index contributed by atoms with van der Waals surface area (Å²) in [6, 6.07) is 4.22. The number of carbonyl (C=O) groups excluding carboxylic acids is 2. The fraction of sp³-hybridized carbons (Fsp3) is 0.375. The Kier molecular flexibility index (Phi) is 4.77. The van der Waals surface area contributed by atoms with Gasteiger partial charge in [0.15, 0.2) is 0 Å². The Morgan fingerprint density at radius 1 is 1.39 bits per heavy atom. The van der Waals surface area contributed by atoms with E-state index < -0.39 is 23.7 Å². The zero-order chi connectivity index (χ0) is 17.2. The molecule has 1 aromatic carbocycles. The summed E-state index contributed by atoms with van der Waals surface area (Å²) < 4.78 is 42.8. The zero-order valence-electron chi connectivity index (χ0n) is 12.6. The van der Waals surface area contributed by atoms with Gasteiger partial charge >= 0.3 is 12.3 Å². The molecule has 124 valence electrons. The molecule has 1 aliphatic heterocycles. The minimum Gasteiger partial charge on any atom is -0.447 e. The van der Waals surface area contributed by atoms with Gasteiger partial charge in [-0.2, -0.15) is 13.2 Å². The maximum Gasteiger partial charge on any atom is 0.417 e. The molecule has 1 fully saturated rings. The Bertz CT molecular complexity index is 638. The zero-order valence-corrected chi connectivity index (χ0v) is 12.6. The maximum absolute atomic E-state index is 12.6. The highest BCUT2D eigenvalue weighted by Gasteiger charge is 2.38. The summed E-state index contributed by atoms with van der Waals surface area (Å²) in [6.07, 6.45) is -2.85. The van der Waals surface area contributed by atoms with E-state index in [9.17, 15) is 22.8 Å². The lowest BCUT2D eigenvalue weighted by atomic mass is 10.0. The number of carbonyl (C=O) groups is 2. The fourth-order valence-electron chi connectivity index (χ4n) is 2.25. The van der Waals surface area contributed by atoms with Crippen molar-refractivity contribution in [2.24, 2.45) is 5.92 Å². The van der Waals surface area contributed by atoms with Crippen LogP contribution < -0.4 is 0 Å². The molecule has 1 unspecified atom stereocenters. The summed E-state index contributed by atoms with van der Waals surface area (Å²) >= 11 is 0. The smallest absolute Gasteiger partial charge is 0.417 e. The largest absolute Gasteiger partial charge is 0.447 e. The first kappa shape index (κ1) is 17.1. The minimum absolute atomic E-state index is 0.0207. The van der Waals surface area contributed by atoms with Crippen molar-refractivity contribution in [2.75, 3.05) is 6.61 Å². The minimum atomic E-state index is -4.45. The van der Waals surface area contributed by atoms with Crippen molar-refractivity contribution in [1.29, 1.82) is 0 Å². The van der Waals surface area contributed by atoms with Gasteiger partial charge in [-0.15, -0.1) is 0 Å². The van der Waals surface area contributed by atoms with Crippen molar-refractivity contribution in [3.05, 3.63) is 41.5 Å². The summed E-state index contributed by atoms with van der Waals surface area (Å²) in [5, 5.41) is 0. The Morgan fingerprint density at radius 3 is 2.70 bits per heavy atom. The molecule has 0 spiro atoms. The van der Waals surface area contributed by atoms with Crippen LogP contribution in [-0.2, 0) is 15.7 Å². The van der Waals surface area contributed by atoms with Crippen LogP contribution in [0.4, 0.5) is 18.0 Å². The van der Waals surface area contributed by atoms with Crippen molar-refractivity contribution in [3.63, 3.8) is 0 Å². The van der Waals surface area contributed by atoms with Crippen LogP contribution in [0.1, 0.15) is 25.0 Å². The number of ether oxygens (including phenoxy) is 1. The van der Waals surface area contributed by atoms with E-state index in [2.05, 4.69) is 0 Å². The molecule has 1 aromatic rings. The van der Waals surface area contributed by atoms with Crippen molar-refractivity contribution in [2.45, 2.75) is 26.1 Å². The van der Waals surface area contributed by atoms with E-state index in [1.807, 2.05) is 13.8 Å². The predicted octanol–water partition coefficient (Wildman–Crippen LogP) is 3.72. The predicted molar refractivity (Wildman–Crippen MR) is 77.3 cm³/mol. The molecule has 1 aliphatic rings. The Balaban J connectivity index is 2.17. The molecule has 0 N–H and O–H groups in total. The molecular formula is C16H16F3NO3. The number of hydrogen-bond donors (Lipinski definition) is 0. The number of halogens is 3. The summed E-state index contributed by atoms with van der Waals surface area (Å²) in [5.41, 5.74) is -0.574. The number of amides is 2. The van der Waals surface area contributed by atoms with Crippen LogP contribution in [0.5, 0.6) is 0 Å². The number of cyclic esters (lactones) is 1. The van der Waals surface area contributed by atoms with Crippen LogP contribution in [0, 0.1) is 5.92 Å². The average Bonchev–Trinajstić information content (AvgIpc) is 2.86. The molecule has 0 saturated carbocycles. The van der Waals surface area contributed by atoms with Gasteiger partial charge in [-0.05, 0) is 29.7 Å². The lowest BCUT2D eigenvalue weighted by molar-refractivity contribution is -0.137. The van der Waals surface area contributed by atoms with Gasteiger partial charge in [0.25, 0.3) is 5.91 Å². The number of imide groups is 1. The summed E-state index contributed by atoms with van der Waals surface area (Å²) in [6.45, 7) is 3.83. The van der Waals surface area contributed by atoms with Gasteiger partial charge < -0.3 is 4.74 Å². The maximum atomic E-state index is 12.6. The molecule has 23 heavy (non-hydrogen) atoms. The Morgan fingerprint density at radius 2 is 2.09 bits per heavy atom. The van der Waals surface area contributed by atoms with Gasteiger partial charge in [0.2, 0.25) is 0 Å². The van der Waals surface area contributed by atoms with Crippen molar-refractivity contribution in [3.8, 4) is 0 Å². The molecule has 1 heterocycles. The second-order valence-corrected chi connectivity index (χ2v) is 5.55. The highest BCUT2D eigenvalue weighted by Crippen LogP contribution is 2.29. The molecule has 1 saturated heterocycles. The van der Waals surface area contributed by atoms with E-state index in [0.717, 1.165) is 23.1 Å². The molecule has 2 rings (SSSR count). The van der Waals surface area contributed by atoms with Gasteiger partial charge in [-0.25, -0.2) is 9.69 Å². The molecular weight excluding hydrogens is 311 g/mol. The SMILES string of the molecule is CC(C)C1COC(=O)N1C(=O)C=Cc1cccc(C(F)(F)F)c1. The summed E-state index contributed by atoms with van der Waals surface area (Å²) in [4.78, 5) is 24.8. The number of benzene rings is 1. The van der Waals surface area contributed by atoms with Crippen molar-refractivity contribution >= 4 is 18.1 Å². The van der Waals surface area contributed by atoms with E-state index in [-0.39, 0.29) is 24.1 Å². The average molecular weight is 327 g/mol. The van der Waals surface area contributed by atoms with Crippen LogP contribution in [0.15, 0.2) is 30.3 Å². The topological polar surface area (TPSA) is 46.6 Å². The number of hydrogen-bond acceptors (Lipinski definition) is 3. The molecule has 0 bridgehead atoms. The van der Waals surface area contributed by atoms with Gasteiger partial charge in [0.1, 0.15) is 6.61 Å². The molecule has 0 aromatic heterocycles. The fourth-order valence-corrected chi connectivity index (χ4v) is 2.25. The van der Waals surface area contributed by atoms with Crippen LogP contribution in [0.3, 0.4) is 0 Å². The van der Waals surface area contributed by atoms with E-state index in [4.69, 9.17) is 4.74 Å². The van der Waals surface area contributed by atoms with Crippen LogP contribution in [0.25, 0.3) is 6.08 Å². The van der Waals surface area contributed by atoms with E-state index >= 15 is 0 Å². The summed E-state index contributed by atoms with van der Waals surface area (Å²) in [7, 11) is 0. The first-order chi connectivity index (χ1) is 10.7. The highest BCUT2D eigenvalue weighted by atomic mass is 19.4. The van der Waals surface area contributed by atoms with Gasteiger partial charge in [0.05, 0.1) is 11.6 Å². The standard InChI is InChI=1S/C16H16F3NO3/c1-10(2)13-9-23-15(22)20(13)14(21)7-6-11-4-3-5-12(8-11)16(17,18)19/h3-8,10,13H,9H2,1-2H3. The number of rotatable bonds is 3. The van der Waals surface area contributed by atoms with Crippen LogP contribution >= 0.6 is 0 Å². The van der Waals surface area contributed by atoms with Gasteiger partial charge in [0, 0.05) is 6.08 Å². The molecule has 0 aliphatic carbocycles. The first-order valence-corrected chi connectivity index (χ1v) is 7.05. The molecule has 4 nitrogen and oxygen atoms in total. The summed E-state index contributed by atoms with van der Waals surface area (Å²) in [5.74, 6) is -0.587. The van der Waals surface area contributed by atoms with Crippen molar-refractivity contribution < 1.29 is 27.5 Å². The quantitative estimate of drug-likeness (QED) is 0.795. The van der Waals surface area contributed by atoms with E-state index in [0.29, 0.717) is 0 Å². The normalized spacial score (nSPS) is 18.8. The molecule has 7 heteroatoms. The highest BCUT2D eigenvalue weighted by molar-refractivity contribution is 6.02. The van der Waals surface area contributed by atoms with Crippen LogP contribution in [-0.4, -0.2) is 29.5 Å². The lowest BCUT2D eigenvalue weighted by Crippen LogP contribution is -2.40. The molecule has 0 radical (unpaired) electrons. The number of alkyl halides is 3. The Hall–Kier alpha value is -2.31. The third-order valence-corrected chi connectivity index (χ3v) is 3.55. The van der Waals surface area contributed by atoms with E-state index in [1.54, 1.807) is 0 Å². The number of nitrogens with zero attached hydrogens (tertiary/aromatic N) is 1. The third kappa shape index (κ3) is 3.91. The molecule has 1 atom stereocenters. The van der Waals surface area contributed by atoms with Gasteiger partial charge in [-0.3, -0.25) is 4.79 Å². The van der Waals surface area contributed by atoms with Crippen LogP contribution in [0.2, 0.25) is 0 Å². The van der Waals surface area contributed by atoms with Gasteiger partial charge in [-0.1, -0.05) is 26.0 Å². The first-order valence-electron chi connectivity index (χ1n) is 7.05. The Labute approximate surface area is 131 Å².